The molecule has 3 aromatic heterocycles. The minimum absolute atomic E-state index is 0.165. The number of nitrogens with one attached hydrogen (secondary N) is 1. The number of carbonyl (C=O) groups is 2. The van der Waals surface area contributed by atoms with Crippen LogP contribution in [0, 0.1) is 0 Å². The second-order valence-electron chi connectivity index (χ2n) is 7.45. The molecule has 0 aromatic carbocycles. The number of hydrogen-bond acceptors (Lipinski definition) is 6. The van der Waals surface area contributed by atoms with Crippen LogP contribution in [0.15, 0.2) is 28.9 Å². The molecule has 9 heteroatoms. The minimum Gasteiger partial charge on any atom is -0.459 e. The zero-order valence-corrected chi connectivity index (χ0v) is 18.3. The summed E-state index contributed by atoms with van der Waals surface area (Å²) in [4.78, 5) is 26.7. The molecular formula is C21H22ClN3O4S. The van der Waals surface area contributed by atoms with Gasteiger partial charge in [-0.1, -0.05) is 11.6 Å². The zero-order chi connectivity index (χ0) is 21.3. The Morgan fingerprint density at radius 3 is 2.87 bits per heavy atom. The van der Waals surface area contributed by atoms with Crippen LogP contribution in [-0.4, -0.2) is 27.8 Å². The number of aryl methyl sites for hydroxylation is 1. The van der Waals surface area contributed by atoms with E-state index in [1.165, 1.54) is 17.5 Å². The van der Waals surface area contributed by atoms with Crippen molar-refractivity contribution in [3.05, 3.63) is 57.1 Å². The van der Waals surface area contributed by atoms with Gasteiger partial charge in [0, 0.05) is 11.1 Å². The lowest BCUT2D eigenvalue weighted by atomic mass is 9.95. The molecule has 1 N–H and O–H groups in total. The molecule has 158 valence electrons. The van der Waals surface area contributed by atoms with Gasteiger partial charge in [-0.25, -0.2) is 4.79 Å². The number of aromatic nitrogens is 2. The van der Waals surface area contributed by atoms with Crippen LogP contribution in [-0.2, 0) is 24.1 Å². The summed E-state index contributed by atoms with van der Waals surface area (Å²) in [5, 5.41) is 8.01. The summed E-state index contributed by atoms with van der Waals surface area (Å²) < 4.78 is 12.7. The van der Waals surface area contributed by atoms with Gasteiger partial charge in [-0.2, -0.15) is 5.10 Å². The average Bonchev–Trinajstić information content (AvgIpc) is 3.39. The standard InChI is InChI=1S/C21H22ClN3O4S/c1-12(2)28-21(27)18-15-5-3-4-6-17(15)30-20(18)24-19(26)16-8-7-14(29-16)11-25-10-13(22)9-23-25/h7-10,12H,3-6,11H2,1-2H3,(H,24,26). The van der Waals surface area contributed by atoms with Gasteiger partial charge in [0.15, 0.2) is 5.76 Å². The van der Waals surface area contributed by atoms with Crippen molar-refractivity contribution in [2.75, 3.05) is 5.32 Å². The first kappa shape index (κ1) is 20.7. The predicted molar refractivity (Wildman–Crippen MR) is 115 cm³/mol. The highest BCUT2D eigenvalue weighted by Gasteiger charge is 2.28. The summed E-state index contributed by atoms with van der Waals surface area (Å²) in [6.07, 6.45) is 6.82. The first-order chi connectivity index (χ1) is 14.4. The molecule has 0 saturated carbocycles. The van der Waals surface area contributed by atoms with Gasteiger partial charge in [-0.3, -0.25) is 9.48 Å². The van der Waals surface area contributed by atoms with Gasteiger partial charge in [-0.15, -0.1) is 11.3 Å². The number of thiophene rings is 1. The quantitative estimate of drug-likeness (QED) is 0.541. The van der Waals surface area contributed by atoms with Gasteiger partial charge in [0.2, 0.25) is 0 Å². The van der Waals surface area contributed by atoms with Gasteiger partial charge in [-0.05, 0) is 57.2 Å². The van der Waals surface area contributed by atoms with E-state index in [4.69, 9.17) is 20.8 Å². The van der Waals surface area contributed by atoms with Crippen molar-refractivity contribution in [2.24, 2.45) is 0 Å². The maximum atomic E-state index is 12.8. The molecule has 1 aliphatic rings. The predicted octanol–water partition coefficient (Wildman–Crippen LogP) is 4.94. The first-order valence-electron chi connectivity index (χ1n) is 9.84. The normalized spacial score (nSPS) is 13.3. The van der Waals surface area contributed by atoms with E-state index < -0.39 is 11.9 Å². The van der Waals surface area contributed by atoms with Crippen LogP contribution in [0.4, 0.5) is 5.00 Å². The van der Waals surface area contributed by atoms with Gasteiger partial charge < -0.3 is 14.5 Å². The number of rotatable bonds is 6. The number of carbonyl (C=O) groups excluding carboxylic acids is 2. The molecule has 0 aliphatic heterocycles. The number of ether oxygens (including phenoxy) is 1. The van der Waals surface area contributed by atoms with Crippen molar-refractivity contribution in [3.63, 3.8) is 0 Å². The van der Waals surface area contributed by atoms with E-state index in [0.717, 1.165) is 36.1 Å². The monoisotopic (exact) mass is 447 g/mol. The SMILES string of the molecule is CC(C)OC(=O)c1c(NC(=O)c2ccc(Cn3cc(Cl)cn3)o2)sc2c1CCCC2. The van der Waals surface area contributed by atoms with Crippen molar-refractivity contribution < 1.29 is 18.7 Å². The molecule has 1 aliphatic carbocycles. The van der Waals surface area contributed by atoms with Gasteiger partial charge in [0.1, 0.15) is 10.8 Å². The van der Waals surface area contributed by atoms with E-state index in [0.29, 0.717) is 27.9 Å². The molecule has 0 unspecified atom stereocenters. The maximum Gasteiger partial charge on any atom is 0.341 e. The summed E-state index contributed by atoms with van der Waals surface area (Å²) >= 11 is 7.32. The molecule has 0 bridgehead atoms. The summed E-state index contributed by atoms with van der Waals surface area (Å²) in [7, 11) is 0. The second kappa shape index (κ2) is 8.65. The highest BCUT2D eigenvalue weighted by atomic mass is 35.5. The van der Waals surface area contributed by atoms with Crippen LogP contribution >= 0.6 is 22.9 Å². The molecule has 0 spiro atoms. The summed E-state index contributed by atoms with van der Waals surface area (Å²) in [6.45, 7) is 3.98. The van der Waals surface area contributed by atoms with E-state index >= 15 is 0 Å². The molecule has 0 fully saturated rings. The second-order valence-corrected chi connectivity index (χ2v) is 8.99. The third-order valence-corrected chi connectivity index (χ3v) is 6.15. The molecule has 3 aromatic rings. The van der Waals surface area contributed by atoms with E-state index in [1.54, 1.807) is 23.0 Å². The first-order valence-corrected chi connectivity index (χ1v) is 11.0. The molecular weight excluding hydrogens is 426 g/mol. The Hall–Kier alpha value is -2.58. The lowest BCUT2D eigenvalue weighted by Gasteiger charge is -2.14. The molecule has 0 saturated heterocycles. The molecule has 30 heavy (non-hydrogen) atoms. The Bertz CT molecular complexity index is 1080. The number of amides is 1. The summed E-state index contributed by atoms with van der Waals surface area (Å²) in [5.74, 6) is -0.0602. The topological polar surface area (TPSA) is 86.4 Å². The lowest BCUT2D eigenvalue weighted by Crippen LogP contribution is -2.17. The van der Waals surface area contributed by atoms with Crippen LogP contribution in [0.2, 0.25) is 5.02 Å². The molecule has 0 radical (unpaired) electrons. The molecule has 7 nitrogen and oxygen atoms in total. The highest BCUT2D eigenvalue weighted by molar-refractivity contribution is 7.17. The van der Waals surface area contributed by atoms with Gasteiger partial charge >= 0.3 is 5.97 Å². The third-order valence-electron chi connectivity index (χ3n) is 4.75. The Kier molecular flexibility index (Phi) is 5.97. The number of esters is 1. The number of nitrogens with zero attached hydrogens (tertiary/aromatic N) is 2. The minimum atomic E-state index is -0.406. The van der Waals surface area contributed by atoms with Crippen molar-refractivity contribution in [2.45, 2.75) is 52.2 Å². The fraction of sp³-hybridized carbons (Fsp3) is 0.381. The number of fused-ring (bicyclic) bond motifs is 1. The Morgan fingerprint density at radius 1 is 1.33 bits per heavy atom. The van der Waals surface area contributed by atoms with Crippen LogP contribution in [0.1, 0.15) is 63.8 Å². The molecule has 3 heterocycles. The van der Waals surface area contributed by atoms with Crippen LogP contribution in [0.3, 0.4) is 0 Å². The largest absolute Gasteiger partial charge is 0.459 e. The zero-order valence-electron chi connectivity index (χ0n) is 16.7. The summed E-state index contributed by atoms with van der Waals surface area (Å²) in [5.41, 5.74) is 1.48. The number of hydrogen-bond donors (Lipinski definition) is 1. The number of halogens is 1. The third kappa shape index (κ3) is 4.44. The Balaban J connectivity index is 1.54. The Labute approximate surface area is 183 Å². The lowest BCUT2D eigenvalue weighted by molar-refractivity contribution is 0.0378. The van der Waals surface area contributed by atoms with E-state index in [-0.39, 0.29) is 11.9 Å². The van der Waals surface area contributed by atoms with Crippen molar-refractivity contribution in [3.8, 4) is 0 Å². The van der Waals surface area contributed by atoms with Crippen LogP contribution < -0.4 is 5.32 Å². The van der Waals surface area contributed by atoms with E-state index in [2.05, 4.69) is 10.4 Å². The van der Waals surface area contributed by atoms with Crippen molar-refractivity contribution >= 4 is 39.8 Å². The fourth-order valence-corrected chi connectivity index (χ4v) is 4.91. The van der Waals surface area contributed by atoms with Crippen LogP contribution in [0.5, 0.6) is 0 Å². The highest BCUT2D eigenvalue weighted by Crippen LogP contribution is 2.39. The average molecular weight is 448 g/mol. The summed E-state index contributed by atoms with van der Waals surface area (Å²) in [6, 6.07) is 3.33. The molecule has 4 rings (SSSR count). The van der Waals surface area contributed by atoms with Crippen LogP contribution in [0.25, 0.3) is 0 Å². The smallest absolute Gasteiger partial charge is 0.341 e. The number of furan rings is 1. The van der Waals surface area contributed by atoms with Gasteiger partial charge in [0.05, 0.1) is 29.4 Å². The Morgan fingerprint density at radius 2 is 2.13 bits per heavy atom. The fourth-order valence-electron chi connectivity index (χ4n) is 3.48. The molecule has 1 amide bonds. The molecule has 0 atom stereocenters. The van der Waals surface area contributed by atoms with Crippen molar-refractivity contribution in [1.82, 2.24) is 9.78 Å². The van der Waals surface area contributed by atoms with Gasteiger partial charge in [0.25, 0.3) is 5.91 Å². The maximum absolute atomic E-state index is 12.8. The van der Waals surface area contributed by atoms with E-state index in [1.807, 2.05) is 13.8 Å². The number of anilines is 1. The van der Waals surface area contributed by atoms with Crippen molar-refractivity contribution in [1.29, 1.82) is 0 Å². The van der Waals surface area contributed by atoms with E-state index in [9.17, 15) is 9.59 Å².